The van der Waals surface area contributed by atoms with Gasteiger partial charge < -0.3 is 58.9 Å². The van der Waals surface area contributed by atoms with Crippen molar-refractivity contribution in [2.45, 2.75) is 148 Å². The van der Waals surface area contributed by atoms with Gasteiger partial charge in [0.15, 0.2) is 0 Å². The minimum Gasteiger partial charge on any atom is -0.508 e. The van der Waals surface area contributed by atoms with Gasteiger partial charge in [-0.2, -0.15) is 0 Å². The Bertz CT molecular complexity index is 1970. The van der Waals surface area contributed by atoms with E-state index in [1.807, 2.05) is 6.92 Å². The maximum Gasteiger partial charge on any atom is 0.326 e. The molecular weight excluding hydrogens is 855 g/mol. The average molecular weight is 924 g/mol. The lowest BCUT2D eigenvalue weighted by Crippen LogP contribution is -2.61. The quantitative estimate of drug-likeness (QED) is 0.0545. The summed E-state index contributed by atoms with van der Waals surface area (Å²) in [4.78, 5) is 119. The average Bonchev–Trinajstić information content (AvgIpc) is 3.28. The lowest BCUT2D eigenvalue weighted by atomic mass is 9.96. The van der Waals surface area contributed by atoms with Crippen molar-refractivity contribution in [1.82, 2.24) is 37.2 Å². The predicted molar refractivity (Wildman–Crippen MR) is 245 cm³/mol. The van der Waals surface area contributed by atoms with Gasteiger partial charge in [0, 0.05) is 12.8 Å². The molecule has 0 spiro atoms. The minimum atomic E-state index is -1.58. The van der Waals surface area contributed by atoms with Gasteiger partial charge in [-0.3, -0.25) is 38.4 Å². The highest BCUT2D eigenvalue weighted by molar-refractivity contribution is 5.98. The minimum absolute atomic E-state index is 0.0264. The van der Waals surface area contributed by atoms with E-state index in [1.165, 1.54) is 19.1 Å². The summed E-state index contributed by atoms with van der Waals surface area (Å²) in [5.41, 5.74) is 12.5. The van der Waals surface area contributed by atoms with Gasteiger partial charge in [0.1, 0.15) is 48.0 Å². The number of phenols is 1. The molecule has 20 heteroatoms. The molecule has 10 atom stereocenters. The number of benzene rings is 2. The second-order valence-electron chi connectivity index (χ2n) is 16.6. The van der Waals surface area contributed by atoms with Crippen LogP contribution in [0.25, 0.3) is 0 Å². The zero-order chi connectivity index (χ0) is 49.7. The lowest BCUT2D eigenvalue weighted by molar-refractivity contribution is -0.144. The van der Waals surface area contributed by atoms with Crippen LogP contribution in [-0.4, -0.2) is 112 Å². The Hall–Kier alpha value is -6.57. The molecule has 66 heavy (non-hydrogen) atoms. The normalized spacial score (nSPS) is 15.6. The summed E-state index contributed by atoms with van der Waals surface area (Å²) in [6, 6.07) is 4.52. The highest BCUT2D eigenvalue weighted by Crippen LogP contribution is 2.15. The molecule has 0 heterocycles. The number of nitrogens with two attached hydrogens (primary N) is 2. The van der Waals surface area contributed by atoms with Crippen LogP contribution in [0, 0.1) is 11.8 Å². The first-order valence-corrected chi connectivity index (χ1v) is 22.4. The summed E-state index contributed by atoms with van der Waals surface area (Å²) in [6.45, 7) is 11.7. The molecule has 2 aromatic rings. The SMILES string of the molecule is CCC[C@H](N)C(=O)N[C@@H](CC)C(=O)N[C@@H](Cc1ccc(O)cc1)C(=O)N[C@H](C(=O)N[C@@H](Cc1ccccc1)C(=O)N[C@@H](C)C(=O)N[C@@H](CC(N)=O)C(=O)N[C@H](C(=O)O)[C@@H](C)CC)[C@@H](C)CC. The Labute approximate surface area is 385 Å². The van der Waals surface area contributed by atoms with Crippen LogP contribution in [0.3, 0.4) is 0 Å². The molecule has 0 saturated carbocycles. The van der Waals surface area contributed by atoms with Crippen molar-refractivity contribution >= 4 is 53.2 Å². The zero-order valence-corrected chi connectivity index (χ0v) is 38.8. The summed E-state index contributed by atoms with van der Waals surface area (Å²) < 4.78 is 0. The van der Waals surface area contributed by atoms with Gasteiger partial charge in [-0.25, -0.2) is 4.79 Å². The van der Waals surface area contributed by atoms with Crippen molar-refractivity contribution in [3.05, 3.63) is 65.7 Å². The second kappa shape index (κ2) is 27.7. The number of aliphatic carboxylic acids is 1. The van der Waals surface area contributed by atoms with Crippen LogP contribution in [0.1, 0.15) is 98.1 Å². The van der Waals surface area contributed by atoms with Crippen molar-refractivity contribution in [2.75, 3.05) is 0 Å². The Morgan fingerprint density at radius 3 is 1.50 bits per heavy atom. The van der Waals surface area contributed by atoms with Crippen LogP contribution in [0.4, 0.5) is 0 Å². The molecule has 2 aromatic carbocycles. The number of carboxylic acid groups (broad SMARTS) is 1. The third kappa shape index (κ3) is 18.1. The number of carbonyl (C=O) groups excluding carboxylic acids is 8. The van der Waals surface area contributed by atoms with Crippen LogP contribution < -0.4 is 48.7 Å². The van der Waals surface area contributed by atoms with Gasteiger partial charge in [-0.15, -0.1) is 0 Å². The van der Waals surface area contributed by atoms with E-state index >= 15 is 0 Å². The van der Waals surface area contributed by atoms with Crippen LogP contribution in [0.5, 0.6) is 5.75 Å². The lowest BCUT2D eigenvalue weighted by Gasteiger charge is -2.29. The fourth-order valence-corrected chi connectivity index (χ4v) is 6.72. The van der Waals surface area contributed by atoms with Crippen molar-refractivity contribution in [3.8, 4) is 5.75 Å². The van der Waals surface area contributed by atoms with Crippen molar-refractivity contribution in [2.24, 2.45) is 23.3 Å². The fraction of sp³-hybridized carbons (Fsp3) is 0.543. The number of hydrogen-bond acceptors (Lipinski definition) is 11. The van der Waals surface area contributed by atoms with E-state index in [4.69, 9.17) is 11.5 Å². The van der Waals surface area contributed by atoms with E-state index in [2.05, 4.69) is 37.2 Å². The van der Waals surface area contributed by atoms with Crippen molar-refractivity contribution in [3.63, 3.8) is 0 Å². The molecule has 0 radical (unpaired) electrons. The van der Waals surface area contributed by atoms with Crippen LogP contribution in [0.15, 0.2) is 54.6 Å². The topological polar surface area (TPSA) is 330 Å². The summed E-state index contributed by atoms with van der Waals surface area (Å²) in [7, 11) is 0. The fourth-order valence-electron chi connectivity index (χ4n) is 6.72. The van der Waals surface area contributed by atoms with Crippen molar-refractivity contribution < 1.29 is 53.4 Å². The Morgan fingerprint density at radius 2 is 0.985 bits per heavy atom. The number of carbonyl (C=O) groups is 9. The molecule has 0 unspecified atom stereocenters. The van der Waals surface area contributed by atoms with E-state index in [-0.39, 0.29) is 25.0 Å². The third-order valence-corrected chi connectivity index (χ3v) is 11.3. The molecule has 0 bridgehead atoms. The molecule has 8 amide bonds. The van der Waals surface area contributed by atoms with E-state index < -0.39 is 120 Å². The number of primary amides is 1. The number of amides is 8. The maximum atomic E-state index is 14.3. The van der Waals surface area contributed by atoms with E-state index in [0.29, 0.717) is 36.8 Å². The summed E-state index contributed by atoms with van der Waals surface area (Å²) in [6.07, 6.45) is 1.16. The van der Waals surface area contributed by atoms with Crippen molar-refractivity contribution in [1.29, 1.82) is 0 Å². The molecular formula is C46H69N9O11. The Balaban J connectivity index is 2.40. The largest absolute Gasteiger partial charge is 0.508 e. The molecule has 20 nitrogen and oxygen atoms in total. The van der Waals surface area contributed by atoms with Crippen LogP contribution in [0.2, 0.25) is 0 Å². The maximum absolute atomic E-state index is 14.3. The molecule has 0 aliphatic carbocycles. The highest BCUT2D eigenvalue weighted by Gasteiger charge is 2.36. The second-order valence-corrected chi connectivity index (χ2v) is 16.6. The number of nitrogens with one attached hydrogen (secondary N) is 7. The van der Waals surface area contributed by atoms with Gasteiger partial charge in [0.05, 0.1) is 12.5 Å². The molecule has 13 N–H and O–H groups in total. The first-order chi connectivity index (χ1) is 31.1. The van der Waals surface area contributed by atoms with E-state index in [0.717, 1.165) is 0 Å². The molecule has 0 aromatic heterocycles. The van der Waals surface area contributed by atoms with Gasteiger partial charge in [0.2, 0.25) is 47.3 Å². The number of aromatic hydroxyl groups is 1. The third-order valence-electron chi connectivity index (χ3n) is 11.3. The zero-order valence-electron chi connectivity index (χ0n) is 38.8. The summed E-state index contributed by atoms with van der Waals surface area (Å²) >= 11 is 0. The van der Waals surface area contributed by atoms with E-state index in [9.17, 15) is 53.4 Å². The predicted octanol–water partition coefficient (Wildman–Crippen LogP) is 0.181. The molecule has 2 rings (SSSR count). The van der Waals surface area contributed by atoms with E-state index in [1.54, 1.807) is 77.1 Å². The molecule has 0 aliphatic heterocycles. The van der Waals surface area contributed by atoms with Crippen LogP contribution >= 0.6 is 0 Å². The summed E-state index contributed by atoms with van der Waals surface area (Å²) in [5, 5.41) is 37.6. The molecule has 0 fully saturated rings. The Morgan fingerprint density at radius 1 is 0.530 bits per heavy atom. The number of rotatable bonds is 28. The van der Waals surface area contributed by atoms with Gasteiger partial charge in [0.25, 0.3) is 0 Å². The molecule has 0 saturated heterocycles. The number of carboxylic acids is 1. The monoisotopic (exact) mass is 924 g/mol. The number of hydrogen-bond donors (Lipinski definition) is 11. The number of phenolic OH excluding ortho intramolecular Hbond substituents is 1. The van der Waals surface area contributed by atoms with Gasteiger partial charge in [-0.05, 0) is 54.9 Å². The summed E-state index contributed by atoms with van der Waals surface area (Å²) in [5.74, 6) is -8.80. The van der Waals surface area contributed by atoms with Crippen LogP contribution in [-0.2, 0) is 56.0 Å². The molecule has 0 aliphatic rings. The van der Waals surface area contributed by atoms with Gasteiger partial charge >= 0.3 is 5.97 Å². The first-order valence-electron chi connectivity index (χ1n) is 22.4. The Kier molecular flexibility index (Phi) is 23.3. The molecule has 364 valence electrons. The van der Waals surface area contributed by atoms with Gasteiger partial charge in [-0.1, -0.05) is 103 Å². The first kappa shape index (κ1) is 55.6. The standard InChI is InChI=1S/C46H69N9O11/c1-8-15-31(47)40(59)50-32(11-4)41(60)52-34(23-29-18-20-30(56)21-19-29)43(62)54-37(25(5)9-2)45(64)53-33(22-28-16-13-12-14-17-28)42(61)49-27(7)39(58)51-35(24-36(48)57)44(63)55-38(46(65)66)26(6)10-3/h12-14,16-21,25-27,31-35,37-38,56H,8-11,15,22-24,47H2,1-7H3,(H2,48,57)(H,49,61)(H,50,59)(H,51,58)(H,52,60)(H,53,64)(H,54,62)(H,55,63)(H,65,66)/t25-,26-,27-,31-,32-,33-,34-,35-,37-,38-/m0/s1. The highest BCUT2D eigenvalue weighted by atomic mass is 16.4. The smallest absolute Gasteiger partial charge is 0.326 e.